The van der Waals surface area contributed by atoms with Gasteiger partial charge in [0.15, 0.2) is 0 Å². The molecule has 3 heteroatoms. The third-order valence-electron chi connectivity index (χ3n) is 1.53. The minimum absolute atomic E-state index is 0.0449. The molecule has 0 bridgehead atoms. The molecule has 0 radical (unpaired) electrons. The SMILES string of the molecule is CC(O)C(C)/C=C/C=C/C(=O)O. The lowest BCUT2D eigenvalue weighted by atomic mass is 10.1. The molecular formula is C9H14O3. The molecule has 0 aliphatic carbocycles. The maximum atomic E-state index is 10.0. The summed E-state index contributed by atoms with van der Waals surface area (Å²) in [7, 11) is 0. The van der Waals surface area contributed by atoms with Crippen LogP contribution in [0.3, 0.4) is 0 Å². The van der Waals surface area contributed by atoms with Crippen LogP contribution in [0.15, 0.2) is 24.3 Å². The summed E-state index contributed by atoms with van der Waals surface area (Å²) in [6, 6.07) is 0. The Morgan fingerprint density at radius 3 is 2.33 bits per heavy atom. The van der Waals surface area contributed by atoms with E-state index in [0.29, 0.717) is 0 Å². The molecule has 0 spiro atoms. The van der Waals surface area contributed by atoms with Crippen LogP contribution in [-0.4, -0.2) is 22.3 Å². The van der Waals surface area contributed by atoms with E-state index in [4.69, 9.17) is 10.2 Å². The maximum absolute atomic E-state index is 10.0. The van der Waals surface area contributed by atoms with Crippen LogP contribution in [0.1, 0.15) is 13.8 Å². The number of allylic oxidation sites excluding steroid dienone is 2. The van der Waals surface area contributed by atoms with Crippen molar-refractivity contribution in [2.24, 2.45) is 5.92 Å². The lowest BCUT2D eigenvalue weighted by Crippen LogP contribution is -2.09. The second kappa shape index (κ2) is 5.55. The van der Waals surface area contributed by atoms with Crippen molar-refractivity contribution in [2.45, 2.75) is 20.0 Å². The van der Waals surface area contributed by atoms with Gasteiger partial charge in [0.1, 0.15) is 0 Å². The van der Waals surface area contributed by atoms with Gasteiger partial charge in [-0.05, 0) is 12.8 Å². The van der Waals surface area contributed by atoms with Gasteiger partial charge in [0.05, 0.1) is 6.10 Å². The number of aliphatic hydroxyl groups is 1. The highest BCUT2D eigenvalue weighted by atomic mass is 16.4. The molecule has 0 amide bonds. The lowest BCUT2D eigenvalue weighted by Gasteiger charge is -2.07. The quantitative estimate of drug-likeness (QED) is 0.492. The van der Waals surface area contributed by atoms with Gasteiger partial charge in [-0.25, -0.2) is 4.79 Å². The number of carbonyl (C=O) groups is 1. The van der Waals surface area contributed by atoms with E-state index in [1.165, 1.54) is 6.08 Å². The fourth-order valence-electron chi connectivity index (χ4n) is 0.538. The van der Waals surface area contributed by atoms with E-state index >= 15 is 0 Å². The third kappa shape index (κ3) is 5.68. The van der Waals surface area contributed by atoms with Gasteiger partial charge in [0, 0.05) is 6.08 Å². The van der Waals surface area contributed by atoms with Crippen LogP contribution in [0.25, 0.3) is 0 Å². The van der Waals surface area contributed by atoms with Crippen LogP contribution in [0.4, 0.5) is 0 Å². The Morgan fingerprint density at radius 2 is 1.92 bits per heavy atom. The Balaban J connectivity index is 3.83. The minimum Gasteiger partial charge on any atom is -0.478 e. The lowest BCUT2D eigenvalue weighted by molar-refractivity contribution is -0.131. The van der Waals surface area contributed by atoms with Crippen molar-refractivity contribution in [3.63, 3.8) is 0 Å². The Bertz CT molecular complexity index is 192. The standard InChI is InChI=1S/C9H14O3/c1-7(8(2)10)5-3-4-6-9(11)12/h3-8,10H,1-2H3,(H,11,12)/b5-3+,6-4+. The molecule has 12 heavy (non-hydrogen) atoms. The molecule has 0 aromatic rings. The first-order valence-electron chi connectivity index (χ1n) is 3.80. The van der Waals surface area contributed by atoms with Crippen LogP contribution in [0, 0.1) is 5.92 Å². The molecule has 0 aromatic carbocycles. The first kappa shape index (κ1) is 10.9. The zero-order valence-corrected chi connectivity index (χ0v) is 7.27. The van der Waals surface area contributed by atoms with Gasteiger partial charge in [-0.2, -0.15) is 0 Å². The average molecular weight is 170 g/mol. The first-order valence-corrected chi connectivity index (χ1v) is 3.80. The van der Waals surface area contributed by atoms with E-state index in [9.17, 15) is 4.79 Å². The summed E-state index contributed by atoms with van der Waals surface area (Å²) in [5.41, 5.74) is 0. The fraction of sp³-hybridized carbons (Fsp3) is 0.444. The van der Waals surface area contributed by atoms with E-state index in [1.54, 1.807) is 19.1 Å². The number of rotatable bonds is 4. The average Bonchev–Trinajstić information content (AvgIpc) is 1.97. The Kier molecular flexibility index (Phi) is 5.04. The number of carboxylic acid groups (broad SMARTS) is 1. The second-order valence-electron chi connectivity index (χ2n) is 2.68. The normalized spacial score (nSPS) is 16.9. The molecule has 0 aliphatic heterocycles. The topological polar surface area (TPSA) is 57.5 Å². The summed E-state index contributed by atoms with van der Waals surface area (Å²) in [6.45, 7) is 3.55. The molecule has 0 aromatic heterocycles. The van der Waals surface area contributed by atoms with Crippen molar-refractivity contribution in [3.8, 4) is 0 Å². The predicted octanol–water partition coefficient (Wildman–Crippen LogP) is 1.20. The minimum atomic E-state index is -0.968. The fourth-order valence-corrected chi connectivity index (χ4v) is 0.538. The zero-order valence-electron chi connectivity index (χ0n) is 7.27. The molecule has 2 atom stereocenters. The van der Waals surface area contributed by atoms with Crippen molar-refractivity contribution < 1.29 is 15.0 Å². The van der Waals surface area contributed by atoms with Crippen LogP contribution >= 0.6 is 0 Å². The molecule has 3 nitrogen and oxygen atoms in total. The van der Waals surface area contributed by atoms with Crippen LogP contribution in [0.5, 0.6) is 0 Å². The molecule has 0 saturated carbocycles. The largest absolute Gasteiger partial charge is 0.478 e. The Labute approximate surface area is 72.0 Å². The van der Waals surface area contributed by atoms with E-state index in [0.717, 1.165) is 6.08 Å². The van der Waals surface area contributed by atoms with Crippen LogP contribution in [0.2, 0.25) is 0 Å². The van der Waals surface area contributed by atoms with Gasteiger partial charge in [-0.3, -0.25) is 0 Å². The van der Waals surface area contributed by atoms with Gasteiger partial charge < -0.3 is 10.2 Å². The van der Waals surface area contributed by atoms with Gasteiger partial charge in [0.25, 0.3) is 0 Å². The van der Waals surface area contributed by atoms with Gasteiger partial charge in [-0.1, -0.05) is 25.2 Å². The molecule has 0 heterocycles. The van der Waals surface area contributed by atoms with Crippen molar-refractivity contribution in [1.82, 2.24) is 0 Å². The monoisotopic (exact) mass is 170 g/mol. The van der Waals surface area contributed by atoms with E-state index in [-0.39, 0.29) is 5.92 Å². The molecule has 0 saturated heterocycles. The number of aliphatic hydroxyl groups excluding tert-OH is 1. The van der Waals surface area contributed by atoms with Crippen LogP contribution in [-0.2, 0) is 4.79 Å². The maximum Gasteiger partial charge on any atom is 0.328 e. The Morgan fingerprint density at radius 1 is 1.33 bits per heavy atom. The summed E-state index contributed by atoms with van der Waals surface area (Å²) in [5, 5.41) is 17.3. The smallest absolute Gasteiger partial charge is 0.328 e. The van der Waals surface area contributed by atoms with E-state index < -0.39 is 12.1 Å². The summed E-state index contributed by atoms with van der Waals surface area (Å²) in [4.78, 5) is 10.0. The molecule has 0 fully saturated rings. The van der Waals surface area contributed by atoms with Crippen molar-refractivity contribution in [1.29, 1.82) is 0 Å². The summed E-state index contributed by atoms with van der Waals surface area (Å²) in [6.07, 6.45) is 5.45. The molecule has 68 valence electrons. The van der Waals surface area contributed by atoms with Crippen molar-refractivity contribution in [3.05, 3.63) is 24.3 Å². The summed E-state index contributed by atoms with van der Waals surface area (Å²) >= 11 is 0. The van der Waals surface area contributed by atoms with E-state index in [2.05, 4.69) is 0 Å². The van der Waals surface area contributed by atoms with Crippen molar-refractivity contribution in [2.75, 3.05) is 0 Å². The third-order valence-corrected chi connectivity index (χ3v) is 1.53. The highest BCUT2D eigenvalue weighted by Crippen LogP contribution is 2.03. The number of aliphatic carboxylic acids is 1. The first-order chi connectivity index (χ1) is 5.54. The molecule has 2 N–H and O–H groups in total. The van der Waals surface area contributed by atoms with Gasteiger partial charge >= 0.3 is 5.97 Å². The molecular weight excluding hydrogens is 156 g/mol. The zero-order chi connectivity index (χ0) is 9.56. The Hall–Kier alpha value is -1.09. The van der Waals surface area contributed by atoms with Gasteiger partial charge in [-0.15, -0.1) is 0 Å². The molecule has 0 rings (SSSR count). The predicted molar refractivity (Wildman–Crippen MR) is 46.8 cm³/mol. The number of hydrogen-bond donors (Lipinski definition) is 2. The summed E-state index contributed by atoms with van der Waals surface area (Å²) in [5.74, 6) is -0.923. The molecule has 0 aliphatic rings. The number of hydrogen-bond acceptors (Lipinski definition) is 2. The highest BCUT2D eigenvalue weighted by Gasteiger charge is 2.01. The van der Waals surface area contributed by atoms with E-state index in [1.807, 2.05) is 6.92 Å². The number of carboxylic acids is 1. The highest BCUT2D eigenvalue weighted by molar-refractivity contribution is 5.80. The van der Waals surface area contributed by atoms with Crippen molar-refractivity contribution >= 4 is 5.97 Å². The second-order valence-corrected chi connectivity index (χ2v) is 2.68. The summed E-state index contributed by atoms with van der Waals surface area (Å²) < 4.78 is 0. The van der Waals surface area contributed by atoms with Gasteiger partial charge in [0.2, 0.25) is 0 Å². The molecule has 2 unspecified atom stereocenters. The van der Waals surface area contributed by atoms with Crippen LogP contribution < -0.4 is 0 Å².